The van der Waals surface area contributed by atoms with E-state index in [-0.39, 0.29) is 12.0 Å². The summed E-state index contributed by atoms with van der Waals surface area (Å²) >= 11 is 15.3. The van der Waals surface area contributed by atoms with Crippen LogP contribution < -0.4 is 5.32 Å². The van der Waals surface area contributed by atoms with Crippen molar-refractivity contribution in [3.63, 3.8) is 0 Å². The molecule has 6 nitrogen and oxygen atoms in total. The Kier molecular flexibility index (Phi) is 7.75. The van der Waals surface area contributed by atoms with Gasteiger partial charge in [0.05, 0.1) is 17.5 Å². The van der Waals surface area contributed by atoms with Gasteiger partial charge < -0.3 is 10.1 Å². The van der Waals surface area contributed by atoms with Crippen LogP contribution in [-0.2, 0) is 16.1 Å². The quantitative estimate of drug-likeness (QED) is 0.242. The maximum atomic E-state index is 13.5. The zero-order valence-electron chi connectivity index (χ0n) is 18.6. The highest BCUT2D eigenvalue weighted by atomic mass is 35.5. The minimum atomic E-state index is -0.572. The Morgan fingerprint density at radius 2 is 1.94 bits per heavy atom. The van der Waals surface area contributed by atoms with E-state index in [1.54, 1.807) is 29.5 Å². The van der Waals surface area contributed by atoms with Gasteiger partial charge in [-0.2, -0.15) is 0 Å². The van der Waals surface area contributed by atoms with E-state index >= 15 is 0 Å². The second kappa shape index (κ2) is 11.1. The van der Waals surface area contributed by atoms with E-state index < -0.39 is 5.25 Å². The highest BCUT2D eigenvalue weighted by molar-refractivity contribution is 8.00. The van der Waals surface area contributed by atoms with E-state index in [0.29, 0.717) is 27.4 Å². The third kappa shape index (κ3) is 5.90. The highest BCUT2D eigenvalue weighted by Gasteiger charge is 2.28. The molecule has 1 N–H and O–H groups in total. The van der Waals surface area contributed by atoms with E-state index in [1.807, 2.05) is 47.8 Å². The number of thioether (sulfide) groups is 1. The number of ether oxygens (including phenoxy) is 1. The van der Waals surface area contributed by atoms with Crippen molar-refractivity contribution in [1.82, 2.24) is 14.8 Å². The maximum absolute atomic E-state index is 13.5. The first-order valence-electron chi connectivity index (χ1n) is 11.1. The van der Waals surface area contributed by atoms with E-state index in [0.717, 1.165) is 35.7 Å². The molecule has 0 aliphatic carbocycles. The van der Waals surface area contributed by atoms with Crippen molar-refractivity contribution < 1.29 is 9.53 Å². The number of carbonyl (C=O) groups is 1. The number of thiophene rings is 1. The average Bonchev–Trinajstić information content (AvgIpc) is 3.61. The number of aromatic nitrogens is 3. The number of rotatable bonds is 8. The van der Waals surface area contributed by atoms with Crippen molar-refractivity contribution in [2.45, 2.75) is 35.9 Å². The molecule has 0 saturated carbocycles. The summed E-state index contributed by atoms with van der Waals surface area (Å²) in [5.41, 5.74) is 1.39. The lowest BCUT2D eigenvalue weighted by Gasteiger charge is -2.19. The van der Waals surface area contributed by atoms with Crippen LogP contribution >= 0.6 is 46.3 Å². The monoisotopic (exact) mass is 544 g/mol. The van der Waals surface area contributed by atoms with E-state index in [1.165, 1.54) is 11.8 Å². The van der Waals surface area contributed by atoms with Crippen molar-refractivity contribution in [2.24, 2.45) is 0 Å². The Balaban J connectivity index is 1.48. The van der Waals surface area contributed by atoms with Gasteiger partial charge >= 0.3 is 0 Å². The van der Waals surface area contributed by atoms with Crippen molar-refractivity contribution in [3.8, 4) is 10.7 Å². The van der Waals surface area contributed by atoms with Gasteiger partial charge in [0.1, 0.15) is 5.25 Å². The normalized spacial score (nSPS) is 16.3. The first-order chi connectivity index (χ1) is 17.1. The van der Waals surface area contributed by atoms with Crippen LogP contribution in [0.5, 0.6) is 0 Å². The van der Waals surface area contributed by atoms with Gasteiger partial charge in [-0.15, -0.1) is 21.5 Å². The van der Waals surface area contributed by atoms with E-state index in [2.05, 4.69) is 20.1 Å². The van der Waals surface area contributed by atoms with Crippen LogP contribution in [0.3, 0.4) is 0 Å². The molecule has 180 valence electrons. The van der Waals surface area contributed by atoms with Crippen LogP contribution in [0.4, 0.5) is 5.69 Å². The number of halogens is 2. The Bertz CT molecular complexity index is 1270. The molecule has 2 aromatic carbocycles. The fraction of sp³-hybridized carbons (Fsp3) is 0.240. The van der Waals surface area contributed by atoms with Crippen LogP contribution in [0.2, 0.25) is 10.0 Å². The third-order valence-electron chi connectivity index (χ3n) is 5.56. The minimum absolute atomic E-state index is 0.0988. The van der Waals surface area contributed by atoms with Gasteiger partial charge in [0.2, 0.25) is 5.91 Å². The number of amides is 1. The van der Waals surface area contributed by atoms with Gasteiger partial charge in [-0.25, -0.2) is 0 Å². The van der Waals surface area contributed by atoms with E-state index in [4.69, 9.17) is 27.9 Å². The Labute approximate surface area is 221 Å². The highest BCUT2D eigenvalue weighted by Crippen LogP contribution is 2.38. The number of hydrogen-bond donors (Lipinski definition) is 1. The minimum Gasteiger partial charge on any atom is -0.376 e. The van der Waals surface area contributed by atoms with Gasteiger partial charge in [-0.05, 0) is 48.1 Å². The fourth-order valence-corrected chi connectivity index (χ4v) is 6.25. The molecular formula is C25H22Cl2N4O2S2. The van der Waals surface area contributed by atoms with Gasteiger partial charge in [0, 0.05) is 22.3 Å². The lowest BCUT2D eigenvalue weighted by molar-refractivity contribution is -0.115. The standard InChI is InChI=1S/C25H22Cl2N4O2S2/c26-17-12-18(27)14-19(13-17)28-24(32)22(16-6-2-1-3-7-16)35-25-30-29-23(21-9-5-11-34-21)31(25)15-20-8-4-10-33-20/h1-3,5-7,9,11-14,20,22H,4,8,10,15H2,(H,28,32). The van der Waals surface area contributed by atoms with Crippen LogP contribution in [-0.4, -0.2) is 33.4 Å². The zero-order valence-corrected chi connectivity index (χ0v) is 21.7. The van der Waals surface area contributed by atoms with E-state index in [9.17, 15) is 4.79 Å². The number of nitrogens with zero attached hydrogens (tertiary/aromatic N) is 3. The summed E-state index contributed by atoms with van der Waals surface area (Å²) in [4.78, 5) is 14.6. The number of benzene rings is 2. The summed E-state index contributed by atoms with van der Waals surface area (Å²) in [6.07, 6.45) is 2.13. The molecule has 2 aromatic heterocycles. The summed E-state index contributed by atoms with van der Waals surface area (Å²) in [6, 6.07) is 18.6. The zero-order chi connectivity index (χ0) is 24.2. The molecule has 2 atom stereocenters. The van der Waals surface area contributed by atoms with Crippen LogP contribution in [0.15, 0.2) is 71.2 Å². The largest absolute Gasteiger partial charge is 0.376 e. The van der Waals surface area contributed by atoms with Crippen LogP contribution in [0, 0.1) is 0 Å². The molecular weight excluding hydrogens is 523 g/mol. The third-order valence-corrected chi connectivity index (χ3v) is 8.10. The van der Waals surface area contributed by atoms with Gasteiger partial charge in [0.15, 0.2) is 11.0 Å². The predicted molar refractivity (Wildman–Crippen MR) is 142 cm³/mol. The molecule has 0 bridgehead atoms. The summed E-state index contributed by atoms with van der Waals surface area (Å²) in [6.45, 7) is 1.40. The number of anilines is 1. The number of carbonyl (C=O) groups excluding carboxylic acids is 1. The molecule has 4 aromatic rings. The smallest absolute Gasteiger partial charge is 0.242 e. The second-order valence-electron chi connectivity index (χ2n) is 8.09. The molecule has 3 heterocycles. The SMILES string of the molecule is O=C(Nc1cc(Cl)cc(Cl)c1)C(Sc1nnc(-c2cccs2)n1CC1CCCO1)c1ccccc1. The Morgan fingerprint density at radius 3 is 2.63 bits per heavy atom. The second-order valence-corrected chi connectivity index (χ2v) is 11.0. The van der Waals surface area contributed by atoms with Gasteiger partial charge in [-0.3, -0.25) is 9.36 Å². The van der Waals surface area contributed by atoms with Crippen molar-refractivity contribution in [3.05, 3.63) is 81.7 Å². The predicted octanol–water partition coefficient (Wildman–Crippen LogP) is 6.96. The summed E-state index contributed by atoms with van der Waals surface area (Å²) in [5.74, 6) is 0.579. The summed E-state index contributed by atoms with van der Waals surface area (Å²) in [5, 5.41) is 15.0. The topological polar surface area (TPSA) is 69.0 Å². The first-order valence-corrected chi connectivity index (χ1v) is 13.7. The molecule has 0 spiro atoms. The summed E-state index contributed by atoms with van der Waals surface area (Å²) < 4.78 is 7.98. The molecule has 0 radical (unpaired) electrons. The molecule has 2 unspecified atom stereocenters. The van der Waals surface area contributed by atoms with Crippen LogP contribution in [0.25, 0.3) is 10.7 Å². The average molecular weight is 546 g/mol. The first kappa shape index (κ1) is 24.3. The van der Waals surface area contributed by atoms with Crippen molar-refractivity contribution in [2.75, 3.05) is 11.9 Å². The maximum Gasteiger partial charge on any atom is 0.242 e. The molecule has 1 aliphatic rings. The Hall–Kier alpha value is -2.36. The fourth-order valence-electron chi connectivity index (χ4n) is 3.96. The molecule has 1 amide bonds. The number of hydrogen-bond acceptors (Lipinski definition) is 6. The lowest BCUT2D eigenvalue weighted by atomic mass is 10.1. The van der Waals surface area contributed by atoms with Crippen LogP contribution in [0.1, 0.15) is 23.7 Å². The van der Waals surface area contributed by atoms with Gasteiger partial charge in [0.25, 0.3) is 0 Å². The molecule has 10 heteroatoms. The lowest BCUT2D eigenvalue weighted by Crippen LogP contribution is -2.21. The Morgan fingerprint density at radius 1 is 1.14 bits per heavy atom. The molecule has 1 aliphatic heterocycles. The molecule has 1 fully saturated rings. The summed E-state index contributed by atoms with van der Waals surface area (Å²) in [7, 11) is 0. The van der Waals surface area contributed by atoms with Gasteiger partial charge in [-0.1, -0.05) is 71.4 Å². The van der Waals surface area contributed by atoms with Crippen molar-refractivity contribution >= 4 is 57.9 Å². The number of nitrogens with one attached hydrogen (secondary N) is 1. The molecule has 35 heavy (non-hydrogen) atoms. The molecule has 1 saturated heterocycles. The van der Waals surface area contributed by atoms with Crippen molar-refractivity contribution in [1.29, 1.82) is 0 Å². The molecule has 5 rings (SSSR count).